The molecule has 0 bridgehead atoms. The van der Waals surface area contributed by atoms with Gasteiger partial charge in [0.25, 0.3) is 0 Å². The van der Waals surface area contributed by atoms with Crippen LogP contribution in [-0.4, -0.2) is 15.0 Å². The van der Waals surface area contributed by atoms with Gasteiger partial charge in [-0.2, -0.15) is 0 Å². The standard InChI is InChI=1S/C16H17N3OS/c1-13-9-15(20-18-13)11-19(12-16-17-7-8-21-16)10-14-5-3-2-4-6-14/h2-9H,10-12H2,1H3. The third-order valence-electron chi connectivity index (χ3n) is 3.15. The smallest absolute Gasteiger partial charge is 0.150 e. The molecule has 0 atom stereocenters. The summed E-state index contributed by atoms with van der Waals surface area (Å²) in [5, 5.41) is 7.08. The van der Waals surface area contributed by atoms with Gasteiger partial charge in [-0.05, 0) is 12.5 Å². The van der Waals surface area contributed by atoms with Gasteiger partial charge in [-0.25, -0.2) is 4.98 Å². The van der Waals surface area contributed by atoms with Gasteiger partial charge in [-0.1, -0.05) is 35.5 Å². The quantitative estimate of drug-likeness (QED) is 0.697. The van der Waals surface area contributed by atoms with Gasteiger partial charge in [0.2, 0.25) is 0 Å². The Labute approximate surface area is 128 Å². The van der Waals surface area contributed by atoms with Gasteiger partial charge < -0.3 is 4.52 Å². The number of aromatic nitrogens is 2. The fourth-order valence-electron chi connectivity index (χ4n) is 2.24. The van der Waals surface area contributed by atoms with E-state index in [0.717, 1.165) is 36.1 Å². The molecule has 2 heterocycles. The van der Waals surface area contributed by atoms with Gasteiger partial charge in [0.1, 0.15) is 5.01 Å². The van der Waals surface area contributed by atoms with Crippen LogP contribution in [-0.2, 0) is 19.6 Å². The molecule has 0 aliphatic carbocycles. The monoisotopic (exact) mass is 299 g/mol. The number of hydrogen-bond acceptors (Lipinski definition) is 5. The first kappa shape index (κ1) is 14.0. The Morgan fingerprint density at radius 3 is 2.67 bits per heavy atom. The first-order chi connectivity index (χ1) is 10.3. The summed E-state index contributed by atoms with van der Waals surface area (Å²) in [6.45, 7) is 4.34. The van der Waals surface area contributed by atoms with E-state index < -0.39 is 0 Å². The summed E-state index contributed by atoms with van der Waals surface area (Å²) in [6, 6.07) is 12.4. The molecule has 0 saturated carbocycles. The third kappa shape index (κ3) is 4.00. The highest BCUT2D eigenvalue weighted by Gasteiger charge is 2.12. The molecule has 0 unspecified atom stereocenters. The van der Waals surface area contributed by atoms with Crippen molar-refractivity contribution in [3.63, 3.8) is 0 Å². The predicted molar refractivity (Wildman–Crippen MR) is 82.7 cm³/mol. The van der Waals surface area contributed by atoms with Crippen molar-refractivity contribution in [2.24, 2.45) is 0 Å². The highest BCUT2D eigenvalue weighted by molar-refractivity contribution is 7.09. The molecule has 1 aromatic carbocycles. The summed E-state index contributed by atoms with van der Waals surface area (Å²) < 4.78 is 5.34. The normalized spacial score (nSPS) is 11.1. The van der Waals surface area contributed by atoms with Gasteiger partial charge in [0.15, 0.2) is 5.76 Å². The summed E-state index contributed by atoms with van der Waals surface area (Å²) >= 11 is 1.68. The lowest BCUT2D eigenvalue weighted by atomic mass is 10.2. The highest BCUT2D eigenvalue weighted by Crippen LogP contribution is 2.15. The van der Waals surface area contributed by atoms with E-state index in [2.05, 4.69) is 39.3 Å². The van der Waals surface area contributed by atoms with E-state index in [4.69, 9.17) is 4.52 Å². The Kier molecular flexibility index (Phi) is 4.43. The molecular formula is C16H17N3OS. The average Bonchev–Trinajstić information content (AvgIpc) is 3.12. The molecule has 2 aromatic heterocycles. The first-order valence-corrected chi connectivity index (χ1v) is 7.74. The van der Waals surface area contributed by atoms with E-state index in [9.17, 15) is 0 Å². The van der Waals surface area contributed by atoms with E-state index in [0.29, 0.717) is 0 Å². The number of nitrogens with zero attached hydrogens (tertiary/aromatic N) is 3. The van der Waals surface area contributed by atoms with Crippen molar-refractivity contribution in [3.05, 3.63) is 70.0 Å². The number of rotatable bonds is 6. The lowest BCUT2D eigenvalue weighted by Crippen LogP contribution is -2.22. The predicted octanol–water partition coefficient (Wildman–Crippen LogP) is 3.64. The van der Waals surface area contributed by atoms with Crippen molar-refractivity contribution in [1.82, 2.24) is 15.0 Å². The van der Waals surface area contributed by atoms with Crippen molar-refractivity contribution in [2.75, 3.05) is 0 Å². The van der Waals surface area contributed by atoms with Crippen molar-refractivity contribution >= 4 is 11.3 Å². The molecule has 3 rings (SSSR count). The second-order valence-electron chi connectivity index (χ2n) is 4.99. The molecule has 0 amide bonds. The van der Waals surface area contributed by atoms with E-state index in [1.165, 1.54) is 5.56 Å². The second kappa shape index (κ2) is 6.65. The molecule has 0 aliphatic heterocycles. The lowest BCUT2D eigenvalue weighted by molar-refractivity contribution is 0.215. The van der Waals surface area contributed by atoms with Crippen molar-refractivity contribution in [1.29, 1.82) is 0 Å². The van der Waals surface area contributed by atoms with Crippen LogP contribution in [0.1, 0.15) is 22.0 Å². The fraction of sp³-hybridized carbons (Fsp3) is 0.250. The minimum atomic E-state index is 0.731. The number of hydrogen-bond donors (Lipinski definition) is 0. The van der Waals surface area contributed by atoms with Crippen LogP contribution in [0.2, 0.25) is 0 Å². The van der Waals surface area contributed by atoms with E-state index in [1.54, 1.807) is 11.3 Å². The highest BCUT2D eigenvalue weighted by atomic mass is 32.1. The maximum absolute atomic E-state index is 5.34. The van der Waals surface area contributed by atoms with Gasteiger partial charge in [-0.3, -0.25) is 4.90 Å². The minimum Gasteiger partial charge on any atom is -0.360 e. The Bertz CT molecular complexity index is 664. The van der Waals surface area contributed by atoms with E-state index in [1.807, 2.05) is 30.6 Å². The van der Waals surface area contributed by atoms with Crippen molar-refractivity contribution < 1.29 is 4.52 Å². The lowest BCUT2D eigenvalue weighted by Gasteiger charge is -2.19. The Morgan fingerprint density at radius 1 is 1.14 bits per heavy atom. The molecule has 0 aliphatic rings. The summed E-state index contributed by atoms with van der Waals surface area (Å²) in [4.78, 5) is 6.69. The number of thiazole rings is 1. The van der Waals surface area contributed by atoms with Gasteiger partial charge in [0.05, 0.1) is 18.8 Å². The maximum atomic E-state index is 5.34. The average molecular weight is 299 g/mol. The zero-order chi connectivity index (χ0) is 14.5. The molecule has 0 N–H and O–H groups in total. The molecule has 108 valence electrons. The van der Waals surface area contributed by atoms with Crippen LogP contribution in [0.25, 0.3) is 0 Å². The van der Waals surface area contributed by atoms with Crippen LogP contribution in [0.15, 0.2) is 52.5 Å². The second-order valence-corrected chi connectivity index (χ2v) is 5.97. The van der Waals surface area contributed by atoms with Gasteiger partial charge >= 0.3 is 0 Å². The molecule has 5 heteroatoms. The van der Waals surface area contributed by atoms with Crippen LogP contribution < -0.4 is 0 Å². The van der Waals surface area contributed by atoms with Crippen molar-refractivity contribution in [2.45, 2.75) is 26.6 Å². The largest absolute Gasteiger partial charge is 0.360 e. The molecule has 0 fully saturated rings. The Hall–Kier alpha value is -1.98. The summed E-state index contributed by atoms with van der Waals surface area (Å²) in [7, 11) is 0. The molecule has 0 saturated heterocycles. The van der Waals surface area contributed by atoms with Crippen molar-refractivity contribution in [3.8, 4) is 0 Å². The minimum absolute atomic E-state index is 0.731. The Morgan fingerprint density at radius 2 is 2.00 bits per heavy atom. The molecule has 4 nitrogen and oxygen atoms in total. The van der Waals surface area contributed by atoms with E-state index in [-0.39, 0.29) is 0 Å². The summed E-state index contributed by atoms with van der Waals surface area (Å²) in [5.74, 6) is 0.889. The third-order valence-corrected chi connectivity index (χ3v) is 3.91. The first-order valence-electron chi connectivity index (χ1n) is 6.86. The summed E-state index contributed by atoms with van der Waals surface area (Å²) in [5.41, 5.74) is 2.20. The summed E-state index contributed by atoms with van der Waals surface area (Å²) in [6.07, 6.45) is 1.85. The zero-order valence-corrected chi connectivity index (χ0v) is 12.7. The van der Waals surface area contributed by atoms with Crippen LogP contribution in [0.5, 0.6) is 0 Å². The molecule has 3 aromatic rings. The molecule has 0 radical (unpaired) electrons. The molecular weight excluding hydrogens is 282 g/mol. The van der Waals surface area contributed by atoms with Gasteiger partial charge in [0, 0.05) is 24.2 Å². The van der Waals surface area contributed by atoms with Crippen LogP contribution in [0.3, 0.4) is 0 Å². The SMILES string of the molecule is Cc1cc(CN(Cc2ccccc2)Cc2nccs2)on1. The molecule has 0 spiro atoms. The Balaban J connectivity index is 1.73. The fourth-order valence-corrected chi connectivity index (χ4v) is 2.90. The topological polar surface area (TPSA) is 42.2 Å². The van der Waals surface area contributed by atoms with Crippen LogP contribution in [0.4, 0.5) is 0 Å². The van der Waals surface area contributed by atoms with Crippen LogP contribution in [0, 0.1) is 6.92 Å². The molecule has 21 heavy (non-hydrogen) atoms. The number of benzene rings is 1. The van der Waals surface area contributed by atoms with Gasteiger partial charge in [-0.15, -0.1) is 11.3 Å². The maximum Gasteiger partial charge on any atom is 0.150 e. The van der Waals surface area contributed by atoms with Crippen LogP contribution >= 0.6 is 11.3 Å². The number of aryl methyl sites for hydroxylation is 1. The van der Waals surface area contributed by atoms with E-state index >= 15 is 0 Å². The zero-order valence-electron chi connectivity index (χ0n) is 11.9.